The summed E-state index contributed by atoms with van der Waals surface area (Å²) in [6.45, 7) is 3.49. The smallest absolute Gasteiger partial charge is 0.417 e. The number of hydrogen-bond donors (Lipinski definition) is 1. The van der Waals surface area contributed by atoms with Gasteiger partial charge in [0.15, 0.2) is 0 Å². The lowest BCUT2D eigenvalue weighted by atomic mass is 9.73. The number of thiophene rings is 1. The molecule has 0 unspecified atom stereocenters. The number of rotatable bonds is 3. The summed E-state index contributed by atoms with van der Waals surface area (Å²) < 4.78 is 46.5. The van der Waals surface area contributed by atoms with Crippen LogP contribution in [0.1, 0.15) is 15.9 Å². The standard InChI is InChI=1S/C20H22F3N5O3S/c1-24-17(29)12-6-32-16-13(20(21,22)23)3-14(25-15(12)16)27-7-19(8-27)9-28(10-19)18(30)31-11-4-26(2)5-11/h3,6,11H,4-5,7-10H2,1-2H3,(H,24,29). The highest BCUT2D eigenvalue weighted by Crippen LogP contribution is 2.45. The molecule has 32 heavy (non-hydrogen) atoms. The van der Waals surface area contributed by atoms with E-state index in [4.69, 9.17) is 4.74 Å². The van der Waals surface area contributed by atoms with Gasteiger partial charge in [0.1, 0.15) is 11.9 Å². The third-order valence-electron chi connectivity index (χ3n) is 6.27. The Hall–Kier alpha value is -2.60. The first-order valence-corrected chi connectivity index (χ1v) is 11.1. The van der Waals surface area contributed by atoms with E-state index in [0.717, 1.165) is 30.5 Å². The summed E-state index contributed by atoms with van der Waals surface area (Å²) in [4.78, 5) is 34.2. The van der Waals surface area contributed by atoms with Crippen molar-refractivity contribution in [1.82, 2.24) is 20.1 Å². The summed E-state index contributed by atoms with van der Waals surface area (Å²) in [6.07, 6.45) is -4.96. The molecular weight excluding hydrogens is 447 g/mol. The van der Waals surface area contributed by atoms with Gasteiger partial charge in [0.2, 0.25) is 0 Å². The molecule has 0 bridgehead atoms. The maximum absolute atomic E-state index is 13.7. The van der Waals surface area contributed by atoms with Gasteiger partial charge in [-0.25, -0.2) is 9.78 Å². The fourth-order valence-corrected chi connectivity index (χ4v) is 5.64. The molecule has 3 aliphatic rings. The molecule has 0 atom stereocenters. The molecule has 5 rings (SSSR count). The normalized spacial score (nSPS) is 20.7. The number of pyridine rings is 1. The number of amides is 2. The van der Waals surface area contributed by atoms with Crippen LogP contribution in [0, 0.1) is 5.41 Å². The quantitative estimate of drug-likeness (QED) is 0.743. The van der Waals surface area contributed by atoms with Gasteiger partial charge < -0.3 is 19.9 Å². The number of anilines is 1. The van der Waals surface area contributed by atoms with Crippen molar-refractivity contribution in [3.05, 3.63) is 22.6 Å². The largest absolute Gasteiger partial charge is 0.443 e. The second-order valence-corrected chi connectivity index (χ2v) is 9.75. The van der Waals surface area contributed by atoms with Crippen molar-refractivity contribution in [3.8, 4) is 0 Å². The molecule has 1 spiro atoms. The Morgan fingerprint density at radius 2 is 1.94 bits per heavy atom. The van der Waals surface area contributed by atoms with E-state index in [1.54, 1.807) is 9.80 Å². The average Bonchev–Trinajstić information content (AvgIpc) is 3.06. The molecule has 0 aromatic carbocycles. The second kappa shape index (κ2) is 7.20. The molecule has 2 amide bonds. The SMILES string of the molecule is CNC(=O)c1csc2c(C(F)(F)F)cc(N3CC4(CN(C(=O)OC5CN(C)C5)C4)C3)nc12. The van der Waals surface area contributed by atoms with Gasteiger partial charge in [0.25, 0.3) is 5.91 Å². The lowest BCUT2D eigenvalue weighted by Gasteiger charge is -2.60. The first kappa shape index (κ1) is 21.3. The summed E-state index contributed by atoms with van der Waals surface area (Å²) >= 11 is 0.865. The number of likely N-dealkylation sites (tertiary alicyclic amines) is 2. The van der Waals surface area contributed by atoms with Crippen LogP contribution in [0.5, 0.6) is 0 Å². The number of carbonyl (C=O) groups is 2. The van der Waals surface area contributed by atoms with E-state index in [0.29, 0.717) is 26.2 Å². The third-order valence-corrected chi connectivity index (χ3v) is 7.27. The summed E-state index contributed by atoms with van der Waals surface area (Å²) in [5.41, 5.74) is -0.746. The number of ether oxygens (including phenoxy) is 1. The fourth-order valence-electron chi connectivity index (χ4n) is 4.62. The predicted octanol–water partition coefficient (Wildman–Crippen LogP) is 2.25. The van der Waals surface area contributed by atoms with Gasteiger partial charge in [0.05, 0.1) is 21.3 Å². The van der Waals surface area contributed by atoms with Crippen LogP contribution >= 0.6 is 11.3 Å². The molecule has 12 heteroatoms. The van der Waals surface area contributed by atoms with Gasteiger partial charge in [-0.15, -0.1) is 11.3 Å². The number of hydrogen-bond acceptors (Lipinski definition) is 7. The van der Waals surface area contributed by atoms with E-state index >= 15 is 0 Å². The highest BCUT2D eigenvalue weighted by atomic mass is 32.1. The number of nitrogens with one attached hydrogen (secondary N) is 1. The predicted molar refractivity (Wildman–Crippen MR) is 112 cm³/mol. The van der Waals surface area contributed by atoms with E-state index in [2.05, 4.69) is 15.2 Å². The van der Waals surface area contributed by atoms with Crippen molar-refractivity contribution in [2.24, 2.45) is 5.41 Å². The molecular formula is C20H22F3N5O3S. The van der Waals surface area contributed by atoms with E-state index in [9.17, 15) is 22.8 Å². The third kappa shape index (κ3) is 3.45. The first-order chi connectivity index (χ1) is 15.1. The molecule has 8 nitrogen and oxygen atoms in total. The van der Waals surface area contributed by atoms with Crippen molar-refractivity contribution < 1.29 is 27.5 Å². The minimum absolute atomic E-state index is 0.0470. The monoisotopic (exact) mass is 469 g/mol. The van der Waals surface area contributed by atoms with Crippen LogP contribution in [0.15, 0.2) is 11.4 Å². The zero-order chi connectivity index (χ0) is 22.8. The van der Waals surface area contributed by atoms with Crippen LogP contribution in [-0.2, 0) is 10.9 Å². The van der Waals surface area contributed by atoms with Crippen LogP contribution in [0.2, 0.25) is 0 Å². The Morgan fingerprint density at radius 3 is 2.53 bits per heavy atom. The molecule has 3 fully saturated rings. The van der Waals surface area contributed by atoms with Crippen LogP contribution in [0.25, 0.3) is 10.2 Å². The zero-order valence-corrected chi connectivity index (χ0v) is 18.3. The Kier molecular flexibility index (Phi) is 4.79. The molecule has 172 valence electrons. The fraction of sp³-hybridized carbons (Fsp3) is 0.550. The summed E-state index contributed by atoms with van der Waals surface area (Å²) in [7, 11) is 3.38. The molecule has 0 radical (unpaired) electrons. The van der Waals surface area contributed by atoms with Gasteiger partial charge in [-0.2, -0.15) is 13.2 Å². The van der Waals surface area contributed by atoms with E-state index < -0.39 is 17.6 Å². The van der Waals surface area contributed by atoms with Crippen molar-refractivity contribution in [2.45, 2.75) is 12.3 Å². The van der Waals surface area contributed by atoms with Gasteiger partial charge in [0, 0.05) is 57.1 Å². The van der Waals surface area contributed by atoms with Crippen LogP contribution in [-0.4, -0.2) is 86.3 Å². The minimum atomic E-state index is -4.56. The first-order valence-electron chi connectivity index (χ1n) is 10.2. The molecule has 5 heterocycles. The lowest BCUT2D eigenvalue weighted by molar-refractivity contribution is -0.136. The molecule has 0 saturated carbocycles. The number of halogens is 3. The summed E-state index contributed by atoms with van der Waals surface area (Å²) in [5, 5.41) is 3.85. The molecule has 2 aromatic heterocycles. The lowest BCUT2D eigenvalue weighted by Crippen LogP contribution is -2.73. The van der Waals surface area contributed by atoms with Crippen molar-refractivity contribution >= 4 is 39.4 Å². The average molecular weight is 469 g/mol. The van der Waals surface area contributed by atoms with Crippen LogP contribution < -0.4 is 10.2 Å². The van der Waals surface area contributed by atoms with Gasteiger partial charge >= 0.3 is 12.3 Å². The van der Waals surface area contributed by atoms with E-state index in [1.807, 2.05) is 7.05 Å². The number of carbonyl (C=O) groups excluding carboxylic acids is 2. The number of nitrogens with zero attached hydrogens (tertiary/aromatic N) is 4. The number of likely N-dealkylation sites (N-methyl/N-ethyl adjacent to an activating group) is 1. The van der Waals surface area contributed by atoms with Gasteiger partial charge in [-0.3, -0.25) is 9.69 Å². The summed E-state index contributed by atoms with van der Waals surface area (Å²) in [5.74, 6) is -0.280. The Labute approximate surface area is 185 Å². The second-order valence-electron chi connectivity index (χ2n) is 8.87. The number of fused-ring (bicyclic) bond motifs is 1. The Bertz CT molecular complexity index is 1080. The highest BCUT2D eigenvalue weighted by molar-refractivity contribution is 7.17. The molecule has 3 saturated heterocycles. The van der Waals surface area contributed by atoms with Gasteiger partial charge in [-0.05, 0) is 13.1 Å². The molecule has 3 aliphatic heterocycles. The highest BCUT2D eigenvalue weighted by Gasteiger charge is 2.54. The summed E-state index contributed by atoms with van der Waals surface area (Å²) in [6, 6.07) is 1.05. The molecule has 1 N–H and O–H groups in total. The van der Waals surface area contributed by atoms with Crippen molar-refractivity contribution in [2.75, 3.05) is 58.3 Å². The van der Waals surface area contributed by atoms with Crippen molar-refractivity contribution in [3.63, 3.8) is 0 Å². The van der Waals surface area contributed by atoms with Gasteiger partial charge in [-0.1, -0.05) is 0 Å². The van der Waals surface area contributed by atoms with Crippen LogP contribution in [0.3, 0.4) is 0 Å². The molecule has 2 aromatic rings. The molecule has 0 aliphatic carbocycles. The van der Waals surface area contributed by atoms with Crippen molar-refractivity contribution in [1.29, 1.82) is 0 Å². The minimum Gasteiger partial charge on any atom is -0.443 e. The Balaban J connectivity index is 1.30. The maximum Gasteiger partial charge on any atom is 0.417 e. The zero-order valence-electron chi connectivity index (χ0n) is 17.5. The van der Waals surface area contributed by atoms with E-state index in [-0.39, 0.29) is 39.2 Å². The van der Waals surface area contributed by atoms with Crippen LogP contribution in [0.4, 0.5) is 23.8 Å². The topological polar surface area (TPSA) is 78.0 Å². The Morgan fingerprint density at radius 1 is 1.25 bits per heavy atom. The maximum atomic E-state index is 13.7. The number of alkyl halides is 3. The van der Waals surface area contributed by atoms with E-state index in [1.165, 1.54) is 12.4 Å². The number of aromatic nitrogens is 1.